The van der Waals surface area contributed by atoms with Crippen molar-refractivity contribution < 1.29 is 0 Å². The molecule has 0 bridgehead atoms. The molecule has 0 spiro atoms. The lowest BCUT2D eigenvalue weighted by atomic mass is 10.1. The van der Waals surface area contributed by atoms with Gasteiger partial charge in [0.15, 0.2) is 0 Å². The first kappa shape index (κ1) is 14.6. The molecule has 2 aromatic rings. The molecule has 0 amide bonds. The van der Waals surface area contributed by atoms with Gasteiger partial charge in [-0.15, -0.1) is 0 Å². The van der Waals surface area contributed by atoms with Crippen LogP contribution in [0.2, 0.25) is 0 Å². The van der Waals surface area contributed by atoms with E-state index < -0.39 is 0 Å². The van der Waals surface area contributed by atoms with Crippen molar-refractivity contribution in [3.63, 3.8) is 0 Å². The van der Waals surface area contributed by atoms with E-state index in [4.69, 9.17) is 0 Å². The predicted molar refractivity (Wildman–Crippen MR) is 87.7 cm³/mol. The third kappa shape index (κ3) is 3.40. The van der Waals surface area contributed by atoms with Crippen molar-refractivity contribution in [2.24, 2.45) is 0 Å². The van der Waals surface area contributed by atoms with Gasteiger partial charge in [-0.3, -0.25) is 0 Å². The van der Waals surface area contributed by atoms with Gasteiger partial charge in [-0.2, -0.15) is 0 Å². The number of nitrogens with zero attached hydrogens (tertiary/aromatic N) is 1. The van der Waals surface area contributed by atoms with Crippen LogP contribution in [0.4, 0.5) is 11.4 Å². The fourth-order valence-electron chi connectivity index (χ4n) is 2.48. The number of para-hydroxylation sites is 1. The monoisotopic (exact) mass is 268 g/mol. The molecule has 1 N–H and O–H groups in total. The van der Waals surface area contributed by atoms with E-state index in [1.165, 1.54) is 22.5 Å². The van der Waals surface area contributed by atoms with E-state index in [2.05, 4.69) is 79.5 Å². The van der Waals surface area contributed by atoms with Crippen molar-refractivity contribution in [3.05, 3.63) is 59.7 Å². The Morgan fingerprint density at radius 3 is 2.40 bits per heavy atom. The molecule has 0 unspecified atom stereocenters. The van der Waals surface area contributed by atoms with Gasteiger partial charge >= 0.3 is 0 Å². The fourth-order valence-corrected chi connectivity index (χ4v) is 2.48. The summed E-state index contributed by atoms with van der Waals surface area (Å²) in [6, 6.07) is 17.3. The molecule has 0 saturated heterocycles. The average molecular weight is 268 g/mol. The van der Waals surface area contributed by atoms with Crippen LogP contribution in [0, 0.1) is 6.92 Å². The Labute approximate surface area is 122 Å². The minimum Gasteiger partial charge on any atom is -0.342 e. The normalized spacial score (nSPS) is 10.6. The molecule has 0 saturated carbocycles. The number of aryl methyl sites for hydroxylation is 1. The Morgan fingerprint density at radius 2 is 1.75 bits per heavy atom. The van der Waals surface area contributed by atoms with Crippen LogP contribution in [-0.4, -0.2) is 13.1 Å². The summed E-state index contributed by atoms with van der Waals surface area (Å²) in [5, 5.41) is 3.44. The Kier molecular flexibility index (Phi) is 5.19. The van der Waals surface area contributed by atoms with Gasteiger partial charge in [0, 0.05) is 24.5 Å². The van der Waals surface area contributed by atoms with Crippen molar-refractivity contribution in [1.82, 2.24) is 5.32 Å². The van der Waals surface area contributed by atoms with E-state index in [-0.39, 0.29) is 0 Å². The summed E-state index contributed by atoms with van der Waals surface area (Å²) in [6.07, 6.45) is 0. The summed E-state index contributed by atoms with van der Waals surface area (Å²) < 4.78 is 0. The van der Waals surface area contributed by atoms with Crippen LogP contribution in [0.1, 0.15) is 25.0 Å². The Morgan fingerprint density at radius 1 is 1.00 bits per heavy atom. The van der Waals surface area contributed by atoms with E-state index in [0.29, 0.717) is 0 Å². The SMILES string of the molecule is CCNCc1cc(C)ccc1N(CC)c1ccccc1. The maximum atomic E-state index is 3.44. The first-order chi connectivity index (χ1) is 9.76. The Hall–Kier alpha value is -1.80. The fraction of sp³-hybridized carbons (Fsp3) is 0.333. The molecule has 2 aromatic carbocycles. The van der Waals surface area contributed by atoms with E-state index in [0.717, 1.165) is 19.6 Å². The smallest absolute Gasteiger partial charge is 0.0456 e. The summed E-state index contributed by atoms with van der Waals surface area (Å²) in [5.74, 6) is 0. The molecule has 0 fully saturated rings. The molecule has 0 radical (unpaired) electrons. The first-order valence-electron chi connectivity index (χ1n) is 7.39. The summed E-state index contributed by atoms with van der Waals surface area (Å²) in [6.45, 7) is 9.36. The van der Waals surface area contributed by atoms with E-state index in [1.807, 2.05) is 0 Å². The van der Waals surface area contributed by atoms with Crippen LogP contribution < -0.4 is 10.2 Å². The molecule has 0 heterocycles. The van der Waals surface area contributed by atoms with Crippen molar-refractivity contribution >= 4 is 11.4 Å². The molecular formula is C18H24N2. The van der Waals surface area contributed by atoms with Crippen molar-refractivity contribution in [1.29, 1.82) is 0 Å². The lowest BCUT2D eigenvalue weighted by Gasteiger charge is -2.26. The maximum absolute atomic E-state index is 3.44. The maximum Gasteiger partial charge on any atom is 0.0456 e. The lowest BCUT2D eigenvalue weighted by Crippen LogP contribution is -2.20. The number of rotatable bonds is 6. The molecule has 0 aliphatic heterocycles. The van der Waals surface area contributed by atoms with Crippen LogP contribution in [0.25, 0.3) is 0 Å². The highest BCUT2D eigenvalue weighted by Gasteiger charge is 2.11. The number of benzene rings is 2. The van der Waals surface area contributed by atoms with Gasteiger partial charge in [-0.25, -0.2) is 0 Å². The minimum absolute atomic E-state index is 0.914. The van der Waals surface area contributed by atoms with E-state index >= 15 is 0 Å². The average Bonchev–Trinajstić information content (AvgIpc) is 2.49. The van der Waals surface area contributed by atoms with Gasteiger partial charge in [0.1, 0.15) is 0 Å². The van der Waals surface area contributed by atoms with Crippen LogP contribution >= 0.6 is 0 Å². The van der Waals surface area contributed by atoms with Gasteiger partial charge in [-0.1, -0.05) is 42.8 Å². The molecule has 2 rings (SSSR count). The molecule has 20 heavy (non-hydrogen) atoms. The van der Waals surface area contributed by atoms with Crippen LogP contribution in [0.5, 0.6) is 0 Å². The molecule has 0 aliphatic carbocycles. The van der Waals surface area contributed by atoms with Crippen molar-refractivity contribution in [3.8, 4) is 0 Å². The number of hydrogen-bond acceptors (Lipinski definition) is 2. The molecule has 2 nitrogen and oxygen atoms in total. The highest BCUT2D eigenvalue weighted by molar-refractivity contribution is 5.66. The van der Waals surface area contributed by atoms with Crippen LogP contribution in [0.3, 0.4) is 0 Å². The molecule has 106 valence electrons. The molecule has 2 heteroatoms. The zero-order valence-electron chi connectivity index (χ0n) is 12.7. The standard InChI is InChI=1S/C18H24N2/c1-4-19-14-16-13-15(3)11-12-18(16)20(5-2)17-9-7-6-8-10-17/h6-13,19H,4-5,14H2,1-3H3. The van der Waals surface area contributed by atoms with Gasteiger partial charge in [0.25, 0.3) is 0 Å². The Bertz CT molecular complexity index is 534. The number of hydrogen-bond donors (Lipinski definition) is 1. The molecule has 0 aliphatic rings. The lowest BCUT2D eigenvalue weighted by molar-refractivity contribution is 0.725. The predicted octanol–water partition coefficient (Wildman–Crippen LogP) is 4.26. The van der Waals surface area contributed by atoms with Crippen LogP contribution in [-0.2, 0) is 6.54 Å². The zero-order valence-corrected chi connectivity index (χ0v) is 12.7. The first-order valence-corrected chi connectivity index (χ1v) is 7.39. The van der Waals surface area contributed by atoms with Gasteiger partial charge < -0.3 is 10.2 Å². The zero-order chi connectivity index (χ0) is 14.4. The molecular weight excluding hydrogens is 244 g/mol. The highest BCUT2D eigenvalue weighted by Crippen LogP contribution is 2.29. The quantitative estimate of drug-likeness (QED) is 0.842. The van der Waals surface area contributed by atoms with Crippen molar-refractivity contribution in [2.75, 3.05) is 18.0 Å². The second-order valence-corrected chi connectivity index (χ2v) is 4.99. The topological polar surface area (TPSA) is 15.3 Å². The molecule has 0 aromatic heterocycles. The van der Waals surface area contributed by atoms with Gasteiger partial charge in [-0.05, 0) is 44.2 Å². The summed E-state index contributed by atoms with van der Waals surface area (Å²) in [5.41, 5.74) is 5.21. The van der Waals surface area contributed by atoms with Crippen LogP contribution in [0.15, 0.2) is 48.5 Å². The molecule has 0 atom stereocenters. The number of anilines is 2. The van der Waals surface area contributed by atoms with Crippen molar-refractivity contribution in [2.45, 2.75) is 27.3 Å². The second-order valence-electron chi connectivity index (χ2n) is 4.99. The van der Waals surface area contributed by atoms with E-state index in [1.54, 1.807) is 0 Å². The largest absolute Gasteiger partial charge is 0.342 e. The highest BCUT2D eigenvalue weighted by atomic mass is 15.1. The van der Waals surface area contributed by atoms with Gasteiger partial charge in [0.2, 0.25) is 0 Å². The third-order valence-electron chi connectivity index (χ3n) is 3.48. The van der Waals surface area contributed by atoms with E-state index in [9.17, 15) is 0 Å². The summed E-state index contributed by atoms with van der Waals surface area (Å²) in [7, 11) is 0. The second kappa shape index (κ2) is 7.11. The third-order valence-corrected chi connectivity index (χ3v) is 3.48. The summed E-state index contributed by atoms with van der Waals surface area (Å²) >= 11 is 0. The Balaban J connectivity index is 2.38. The minimum atomic E-state index is 0.914. The summed E-state index contributed by atoms with van der Waals surface area (Å²) in [4.78, 5) is 2.37. The number of nitrogens with one attached hydrogen (secondary N) is 1. The van der Waals surface area contributed by atoms with Gasteiger partial charge in [0.05, 0.1) is 0 Å².